The summed E-state index contributed by atoms with van der Waals surface area (Å²) in [4.78, 5) is 25.5. The highest BCUT2D eigenvalue weighted by molar-refractivity contribution is 5.95. The van der Waals surface area contributed by atoms with Crippen molar-refractivity contribution >= 4 is 17.6 Å². The number of anilines is 1. The number of carboxylic acids is 1. The van der Waals surface area contributed by atoms with E-state index in [-0.39, 0.29) is 5.91 Å². The summed E-state index contributed by atoms with van der Waals surface area (Å²) >= 11 is 0. The monoisotopic (exact) mass is 306 g/mol. The van der Waals surface area contributed by atoms with E-state index in [0.29, 0.717) is 24.4 Å². The van der Waals surface area contributed by atoms with E-state index in [1.54, 1.807) is 43.2 Å². The van der Waals surface area contributed by atoms with Crippen molar-refractivity contribution in [2.75, 3.05) is 19.0 Å². The molecule has 1 aromatic rings. The lowest BCUT2D eigenvalue weighted by atomic mass is 10.00. The largest absolute Gasteiger partial charge is 0.497 e. The van der Waals surface area contributed by atoms with Gasteiger partial charge in [0.25, 0.3) is 0 Å². The summed E-state index contributed by atoms with van der Waals surface area (Å²) in [7, 11) is 1.58. The molecule has 22 heavy (non-hydrogen) atoms. The van der Waals surface area contributed by atoms with Gasteiger partial charge >= 0.3 is 5.97 Å². The van der Waals surface area contributed by atoms with Gasteiger partial charge in [-0.25, -0.2) is 0 Å². The first-order valence-electron chi connectivity index (χ1n) is 7.46. The molecule has 2 atom stereocenters. The fourth-order valence-corrected chi connectivity index (χ4v) is 2.75. The predicted molar refractivity (Wildman–Crippen MR) is 83.1 cm³/mol. The van der Waals surface area contributed by atoms with Gasteiger partial charge in [0.05, 0.1) is 13.2 Å². The summed E-state index contributed by atoms with van der Waals surface area (Å²) < 4.78 is 5.07. The Hall–Kier alpha value is -2.08. The Kier molecular flexibility index (Phi) is 5.38. The van der Waals surface area contributed by atoms with Crippen LogP contribution in [0.25, 0.3) is 0 Å². The van der Waals surface area contributed by atoms with Crippen LogP contribution in [-0.4, -0.2) is 47.6 Å². The minimum absolute atomic E-state index is 0.196. The lowest BCUT2D eigenvalue weighted by Gasteiger charge is -2.36. The number of benzene rings is 1. The second-order valence-electron chi connectivity index (χ2n) is 5.48. The number of amides is 1. The molecule has 6 heteroatoms. The third-order valence-corrected chi connectivity index (χ3v) is 4.06. The molecule has 1 amide bonds. The zero-order chi connectivity index (χ0) is 16.1. The number of nitrogens with one attached hydrogen (secondary N) is 1. The maximum absolute atomic E-state index is 12.4. The van der Waals surface area contributed by atoms with Gasteiger partial charge < -0.3 is 15.2 Å². The molecule has 0 saturated carbocycles. The molecule has 1 aliphatic rings. The van der Waals surface area contributed by atoms with Crippen molar-refractivity contribution in [3.63, 3.8) is 0 Å². The van der Waals surface area contributed by atoms with E-state index in [4.69, 9.17) is 4.74 Å². The molecule has 0 aliphatic carbocycles. The van der Waals surface area contributed by atoms with Gasteiger partial charge in [0, 0.05) is 5.69 Å². The number of ether oxygens (including phenoxy) is 1. The van der Waals surface area contributed by atoms with Crippen LogP contribution in [0.5, 0.6) is 5.75 Å². The van der Waals surface area contributed by atoms with Gasteiger partial charge in [0.15, 0.2) is 0 Å². The van der Waals surface area contributed by atoms with Crippen LogP contribution in [0, 0.1) is 0 Å². The molecule has 0 aromatic heterocycles. The van der Waals surface area contributed by atoms with Gasteiger partial charge in [0.2, 0.25) is 5.91 Å². The van der Waals surface area contributed by atoms with Crippen LogP contribution >= 0.6 is 0 Å². The van der Waals surface area contributed by atoms with Gasteiger partial charge in [-0.2, -0.15) is 0 Å². The van der Waals surface area contributed by atoms with Gasteiger partial charge in [-0.3, -0.25) is 14.5 Å². The van der Waals surface area contributed by atoms with Gasteiger partial charge in [0.1, 0.15) is 11.8 Å². The van der Waals surface area contributed by atoms with Crippen molar-refractivity contribution in [2.45, 2.75) is 38.3 Å². The molecule has 2 N–H and O–H groups in total. The van der Waals surface area contributed by atoms with Crippen molar-refractivity contribution < 1.29 is 19.4 Å². The van der Waals surface area contributed by atoms with Crippen molar-refractivity contribution in [3.05, 3.63) is 24.3 Å². The Bertz CT molecular complexity index is 529. The number of carboxylic acid groups (broad SMARTS) is 1. The zero-order valence-electron chi connectivity index (χ0n) is 12.9. The molecule has 0 radical (unpaired) electrons. The number of rotatable bonds is 5. The molecular weight excluding hydrogens is 284 g/mol. The number of aliphatic carboxylic acids is 1. The quantitative estimate of drug-likeness (QED) is 0.869. The molecule has 2 unspecified atom stereocenters. The van der Waals surface area contributed by atoms with Crippen LogP contribution < -0.4 is 10.1 Å². The number of hydrogen-bond acceptors (Lipinski definition) is 4. The van der Waals surface area contributed by atoms with Crippen LogP contribution in [0.2, 0.25) is 0 Å². The summed E-state index contributed by atoms with van der Waals surface area (Å²) in [6, 6.07) is 5.99. The van der Waals surface area contributed by atoms with Crippen LogP contribution in [0.3, 0.4) is 0 Å². The Balaban J connectivity index is 2.02. The Morgan fingerprint density at radius 1 is 1.32 bits per heavy atom. The van der Waals surface area contributed by atoms with E-state index in [9.17, 15) is 14.7 Å². The first-order valence-corrected chi connectivity index (χ1v) is 7.46. The summed E-state index contributed by atoms with van der Waals surface area (Å²) in [5.41, 5.74) is 0.668. The fraction of sp³-hybridized carbons (Fsp3) is 0.500. The zero-order valence-corrected chi connectivity index (χ0v) is 12.9. The highest BCUT2D eigenvalue weighted by Gasteiger charge is 2.34. The van der Waals surface area contributed by atoms with Crippen LogP contribution in [0.4, 0.5) is 5.69 Å². The first-order chi connectivity index (χ1) is 10.5. The van der Waals surface area contributed by atoms with Crippen LogP contribution in [-0.2, 0) is 9.59 Å². The summed E-state index contributed by atoms with van der Waals surface area (Å²) in [5.74, 6) is -0.338. The number of methoxy groups -OCH3 is 1. The molecule has 120 valence electrons. The van der Waals surface area contributed by atoms with Gasteiger partial charge in [-0.05, 0) is 50.6 Å². The minimum Gasteiger partial charge on any atom is -0.497 e. The van der Waals surface area contributed by atoms with Crippen molar-refractivity contribution in [1.29, 1.82) is 0 Å². The van der Waals surface area contributed by atoms with Gasteiger partial charge in [-0.15, -0.1) is 0 Å². The highest BCUT2D eigenvalue weighted by atomic mass is 16.5. The average molecular weight is 306 g/mol. The maximum Gasteiger partial charge on any atom is 0.320 e. The van der Waals surface area contributed by atoms with E-state index in [2.05, 4.69) is 5.32 Å². The summed E-state index contributed by atoms with van der Waals surface area (Å²) in [6.07, 6.45) is 2.40. The molecule has 6 nitrogen and oxygen atoms in total. The van der Waals surface area contributed by atoms with E-state index in [1.165, 1.54) is 0 Å². The molecular formula is C16H22N2O4. The van der Waals surface area contributed by atoms with Crippen LogP contribution in [0.1, 0.15) is 26.2 Å². The Morgan fingerprint density at radius 2 is 2.00 bits per heavy atom. The molecule has 0 bridgehead atoms. The Labute approximate surface area is 130 Å². The number of carbonyl (C=O) groups is 2. The predicted octanol–water partition coefficient (Wildman–Crippen LogP) is 1.96. The molecule has 0 spiro atoms. The number of likely N-dealkylation sites (tertiary alicyclic amines) is 1. The molecule has 1 aliphatic heterocycles. The second-order valence-corrected chi connectivity index (χ2v) is 5.48. The lowest BCUT2D eigenvalue weighted by molar-refractivity contribution is -0.146. The molecule has 2 rings (SSSR count). The van der Waals surface area contributed by atoms with E-state index < -0.39 is 18.1 Å². The fourth-order valence-electron chi connectivity index (χ4n) is 2.75. The minimum atomic E-state index is -0.858. The smallest absolute Gasteiger partial charge is 0.320 e. The molecule has 1 saturated heterocycles. The molecule has 1 heterocycles. The van der Waals surface area contributed by atoms with Crippen LogP contribution in [0.15, 0.2) is 24.3 Å². The van der Waals surface area contributed by atoms with E-state index in [0.717, 1.165) is 12.8 Å². The Morgan fingerprint density at radius 3 is 2.59 bits per heavy atom. The number of hydrogen-bond donors (Lipinski definition) is 2. The van der Waals surface area contributed by atoms with Crippen molar-refractivity contribution in [1.82, 2.24) is 4.90 Å². The van der Waals surface area contributed by atoms with E-state index in [1.807, 2.05) is 0 Å². The third-order valence-electron chi connectivity index (χ3n) is 4.06. The number of carbonyl (C=O) groups excluding carboxylic acids is 1. The normalized spacial score (nSPS) is 20.2. The number of nitrogens with zero attached hydrogens (tertiary/aromatic N) is 1. The summed E-state index contributed by atoms with van der Waals surface area (Å²) in [6.45, 7) is 2.38. The SMILES string of the molecule is COc1ccc(NC(=O)C(C)N2CCCCC2C(=O)O)cc1. The average Bonchev–Trinajstić information content (AvgIpc) is 2.54. The first kappa shape index (κ1) is 16.3. The van der Waals surface area contributed by atoms with E-state index >= 15 is 0 Å². The second kappa shape index (κ2) is 7.26. The third kappa shape index (κ3) is 3.76. The lowest BCUT2D eigenvalue weighted by Crippen LogP contribution is -2.53. The highest BCUT2D eigenvalue weighted by Crippen LogP contribution is 2.21. The molecule has 1 aromatic carbocycles. The van der Waals surface area contributed by atoms with Crippen molar-refractivity contribution in [2.24, 2.45) is 0 Å². The summed E-state index contributed by atoms with van der Waals surface area (Å²) in [5, 5.41) is 12.1. The standard InChI is InChI=1S/C16H22N2O4/c1-11(18-10-4-3-5-14(18)16(20)21)15(19)17-12-6-8-13(22-2)9-7-12/h6-9,11,14H,3-5,10H2,1-2H3,(H,17,19)(H,20,21). The topological polar surface area (TPSA) is 78.9 Å². The van der Waals surface area contributed by atoms with Gasteiger partial charge in [-0.1, -0.05) is 6.42 Å². The van der Waals surface area contributed by atoms with Crippen molar-refractivity contribution in [3.8, 4) is 5.75 Å². The maximum atomic E-state index is 12.4. The molecule has 1 fully saturated rings. The number of piperidine rings is 1.